The molecule has 1 aromatic rings. The maximum absolute atomic E-state index is 13.8. The molecule has 0 saturated carbocycles. The summed E-state index contributed by atoms with van der Waals surface area (Å²) in [5.74, 6) is -1.15. The first-order valence-electron chi connectivity index (χ1n) is 5.77. The van der Waals surface area contributed by atoms with Crippen LogP contribution in [0, 0.1) is 15.9 Å². The van der Waals surface area contributed by atoms with E-state index in [-0.39, 0.29) is 17.3 Å². The highest BCUT2D eigenvalue weighted by molar-refractivity contribution is 5.84. The summed E-state index contributed by atoms with van der Waals surface area (Å²) < 4.78 is 18.7. The van der Waals surface area contributed by atoms with Crippen molar-refractivity contribution in [1.82, 2.24) is 4.90 Å². The lowest BCUT2D eigenvalue weighted by Gasteiger charge is -2.19. The van der Waals surface area contributed by atoms with Crippen LogP contribution in [0.2, 0.25) is 0 Å². The number of rotatable bonds is 5. The number of benzene rings is 1. The summed E-state index contributed by atoms with van der Waals surface area (Å²) in [7, 11) is 4.40. The van der Waals surface area contributed by atoms with Gasteiger partial charge in [0.05, 0.1) is 23.8 Å². The molecule has 0 radical (unpaired) electrons. The number of amides is 1. The normalized spacial score (nSPS) is 11.7. The molecule has 20 heavy (non-hydrogen) atoms. The Bertz CT molecular complexity index is 534. The summed E-state index contributed by atoms with van der Waals surface area (Å²) in [6.45, 7) is 1.57. The van der Waals surface area contributed by atoms with Crippen molar-refractivity contribution in [2.45, 2.75) is 13.0 Å². The Morgan fingerprint density at radius 3 is 2.55 bits per heavy atom. The number of carbonyl (C=O) groups excluding carboxylic acids is 1. The molecule has 110 valence electrons. The highest BCUT2D eigenvalue weighted by Crippen LogP contribution is 2.32. The Morgan fingerprint density at radius 2 is 2.10 bits per heavy atom. The molecular weight excluding hydrogens is 269 g/mol. The van der Waals surface area contributed by atoms with Crippen molar-refractivity contribution in [3.05, 3.63) is 28.1 Å². The fourth-order valence-electron chi connectivity index (χ4n) is 1.64. The van der Waals surface area contributed by atoms with Crippen LogP contribution in [0.3, 0.4) is 0 Å². The van der Waals surface area contributed by atoms with E-state index in [1.54, 1.807) is 21.0 Å². The lowest BCUT2D eigenvalue weighted by Crippen LogP contribution is -2.36. The number of nitro benzene ring substituents is 1. The van der Waals surface area contributed by atoms with E-state index in [2.05, 4.69) is 5.32 Å². The molecule has 1 unspecified atom stereocenters. The fourth-order valence-corrected chi connectivity index (χ4v) is 1.64. The molecule has 0 aliphatic heterocycles. The Morgan fingerprint density at radius 1 is 1.50 bits per heavy atom. The molecule has 0 aliphatic carbocycles. The van der Waals surface area contributed by atoms with E-state index in [4.69, 9.17) is 4.74 Å². The van der Waals surface area contributed by atoms with Crippen molar-refractivity contribution in [3.8, 4) is 5.75 Å². The standard InChI is InChI=1S/C12H16FN3O4/c1-7(12(17)15(2)3)14-9-6-11(20-4)10(16(18)19)5-8(9)13/h5-7,14H,1-4H3. The second-order valence-corrected chi connectivity index (χ2v) is 4.36. The topological polar surface area (TPSA) is 84.7 Å². The van der Waals surface area contributed by atoms with Gasteiger partial charge in [0.2, 0.25) is 5.91 Å². The number of methoxy groups -OCH3 is 1. The summed E-state index contributed by atoms with van der Waals surface area (Å²) in [5, 5.41) is 13.4. The van der Waals surface area contributed by atoms with Gasteiger partial charge in [-0.2, -0.15) is 0 Å². The van der Waals surface area contributed by atoms with Crippen molar-refractivity contribution in [1.29, 1.82) is 0 Å². The van der Waals surface area contributed by atoms with Gasteiger partial charge < -0.3 is 15.0 Å². The summed E-state index contributed by atoms with van der Waals surface area (Å²) in [4.78, 5) is 23.1. The van der Waals surface area contributed by atoms with Crippen molar-refractivity contribution >= 4 is 17.3 Å². The van der Waals surface area contributed by atoms with Crippen LogP contribution in [-0.2, 0) is 4.79 Å². The zero-order valence-corrected chi connectivity index (χ0v) is 11.6. The second kappa shape index (κ2) is 6.18. The Hall–Kier alpha value is -2.38. The molecule has 0 bridgehead atoms. The maximum atomic E-state index is 13.8. The van der Waals surface area contributed by atoms with Gasteiger partial charge in [-0.1, -0.05) is 0 Å². The monoisotopic (exact) mass is 285 g/mol. The third-order valence-electron chi connectivity index (χ3n) is 2.65. The maximum Gasteiger partial charge on any atom is 0.313 e. The largest absolute Gasteiger partial charge is 0.490 e. The highest BCUT2D eigenvalue weighted by Gasteiger charge is 2.22. The summed E-state index contributed by atoms with van der Waals surface area (Å²) in [5.41, 5.74) is -0.503. The van der Waals surface area contributed by atoms with Crippen LogP contribution in [0.15, 0.2) is 12.1 Å². The molecule has 1 N–H and O–H groups in total. The van der Waals surface area contributed by atoms with Crippen molar-refractivity contribution in [3.63, 3.8) is 0 Å². The highest BCUT2D eigenvalue weighted by atomic mass is 19.1. The van der Waals surface area contributed by atoms with Crippen LogP contribution in [-0.4, -0.2) is 43.0 Å². The number of hydrogen-bond donors (Lipinski definition) is 1. The average molecular weight is 285 g/mol. The number of likely N-dealkylation sites (N-methyl/N-ethyl adjacent to an activating group) is 1. The molecule has 0 aromatic heterocycles. The first kappa shape index (κ1) is 15.7. The molecule has 8 heteroatoms. The van der Waals surface area contributed by atoms with Gasteiger partial charge in [0, 0.05) is 20.2 Å². The number of anilines is 1. The molecule has 0 aliphatic rings. The van der Waals surface area contributed by atoms with Crippen molar-refractivity contribution < 1.29 is 18.8 Å². The van der Waals surface area contributed by atoms with E-state index in [0.717, 1.165) is 12.1 Å². The van der Waals surface area contributed by atoms with Gasteiger partial charge >= 0.3 is 5.69 Å². The number of hydrogen-bond acceptors (Lipinski definition) is 5. The Kier molecular flexibility index (Phi) is 4.84. The number of ether oxygens (including phenoxy) is 1. The summed E-state index contributed by atoms with van der Waals surface area (Å²) in [6, 6.07) is 1.24. The second-order valence-electron chi connectivity index (χ2n) is 4.36. The van der Waals surface area contributed by atoms with Crippen LogP contribution in [0.25, 0.3) is 0 Å². The fraction of sp³-hybridized carbons (Fsp3) is 0.417. The third kappa shape index (κ3) is 3.34. The minimum Gasteiger partial charge on any atom is -0.490 e. The van der Waals surface area contributed by atoms with E-state index < -0.39 is 22.5 Å². The summed E-state index contributed by atoms with van der Waals surface area (Å²) in [6.07, 6.45) is 0. The molecular formula is C12H16FN3O4. The van der Waals surface area contributed by atoms with Crippen LogP contribution >= 0.6 is 0 Å². The predicted octanol–water partition coefficient (Wildman–Crippen LogP) is 1.63. The van der Waals surface area contributed by atoms with Crippen LogP contribution < -0.4 is 10.1 Å². The van der Waals surface area contributed by atoms with E-state index in [9.17, 15) is 19.3 Å². The smallest absolute Gasteiger partial charge is 0.313 e. The lowest BCUT2D eigenvalue weighted by molar-refractivity contribution is -0.385. The van der Waals surface area contributed by atoms with Crippen LogP contribution in [0.4, 0.5) is 15.8 Å². The molecule has 0 spiro atoms. The third-order valence-corrected chi connectivity index (χ3v) is 2.65. The zero-order chi connectivity index (χ0) is 15.4. The Labute approximate surface area is 115 Å². The minimum atomic E-state index is -0.823. The predicted molar refractivity (Wildman–Crippen MR) is 71.4 cm³/mol. The van der Waals surface area contributed by atoms with E-state index in [1.165, 1.54) is 12.0 Å². The van der Waals surface area contributed by atoms with Crippen LogP contribution in [0.1, 0.15) is 6.92 Å². The van der Waals surface area contributed by atoms with Crippen molar-refractivity contribution in [2.75, 3.05) is 26.5 Å². The number of halogens is 1. The lowest BCUT2D eigenvalue weighted by atomic mass is 10.2. The van der Waals surface area contributed by atoms with Gasteiger partial charge in [-0.15, -0.1) is 0 Å². The SMILES string of the molecule is COc1cc(NC(C)C(=O)N(C)C)c(F)cc1[N+](=O)[O-]. The number of carbonyl (C=O) groups is 1. The van der Waals surface area contributed by atoms with E-state index in [1.807, 2.05) is 0 Å². The van der Waals surface area contributed by atoms with Gasteiger partial charge in [-0.05, 0) is 6.92 Å². The zero-order valence-electron chi connectivity index (χ0n) is 11.6. The van der Waals surface area contributed by atoms with Crippen LogP contribution in [0.5, 0.6) is 5.75 Å². The van der Waals surface area contributed by atoms with Gasteiger partial charge in [-0.3, -0.25) is 14.9 Å². The molecule has 0 heterocycles. The first-order chi connectivity index (χ1) is 9.27. The quantitative estimate of drug-likeness (QED) is 0.656. The van der Waals surface area contributed by atoms with Gasteiger partial charge in [0.15, 0.2) is 11.6 Å². The molecule has 1 aromatic carbocycles. The van der Waals surface area contributed by atoms with Gasteiger partial charge in [-0.25, -0.2) is 4.39 Å². The van der Waals surface area contributed by atoms with Gasteiger partial charge in [0.25, 0.3) is 0 Å². The Balaban J connectivity index is 3.08. The molecule has 7 nitrogen and oxygen atoms in total. The minimum absolute atomic E-state index is 0.0323. The molecule has 1 amide bonds. The molecule has 0 fully saturated rings. The number of nitrogens with zero attached hydrogens (tertiary/aromatic N) is 2. The van der Waals surface area contributed by atoms with E-state index >= 15 is 0 Å². The van der Waals surface area contributed by atoms with Gasteiger partial charge in [0.1, 0.15) is 6.04 Å². The number of nitro groups is 1. The molecule has 1 atom stereocenters. The average Bonchev–Trinajstić information content (AvgIpc) is 2.39. The summed E-state index contributed by atoms with van der Waals surface area (Å²) >= 11 is 0. The molecule has 1 rings (SSSR count). The number of nitrogens with one attached hydrogen (secondary N) is 1. The molecule has 0 saturated heterocycles. The van der Waals surface area contributed by atoms with Crippen molar-refractivity contribution in [2.24, 2.45) is 0 Å². The van der Waals surface area contributed by atoms with E-state index in [0.29, 0.717) is 0 Å². The first-order valence-corrected chi connectivity index (χ1v) is 5.77.